The van der Waals surface area contributed by atoms with Crippen molar-refractivity contribution in [3.8, 4) is 6.01 Å². The molecular formula is C33H40ClN5O3S. The summed E-state index contributed by atoms with van der Waals surface area (Å²) >= 11 is 6.72. The maximum Gasteiger partial charge on any atom is 0.318 e. The van der Waals surface area contributed by atoms with Gasteiger partial charge in [0.15, 0.2) is 9.84 Å². The van der Waals surface area contributed by atoms with E-state index >= 15 is 0 Å². The van der Waals surface area contributed by atoms with Gasteiger partial charge in [-0.1, -0.05) is 42.4 Å². The molecule has 3 aromatic rings. The number of nitrogens with zero attached hydrogens (tertiary/aromatic N) is 5. The number of hydrogen-bond donors (Lipinski definition) is 0. The fourth-order valence-corrected chi connectivity index (χ4v) is 9.53. The molecule has 0 N–H and O–H groups in total. The zero-order valence-electron chi connectivity index (χ0n) is 24.8. The predicted molar refractivity (Wildman–Crippen MR) is 173 cm³/mol. The minimum Gasteiger partial charge on any atom is -0.461 e. The second-order valence-corrected chi connectivity index (χ2v) is 15.3. The van der Waals surface area contributed by atoms with Crippen LogP contribution >= 0.6 is 11.6 Å². The second kappa shape index (κ2) is 11.2. The summed E-state index contributed by atoms with van der Waals surface area (Å²) in [5.74, 6) is 0.865. The van der Waals surface area contributed by atoms with E-state index in [1.165, 1.54) is 12.8 Å². The molecule has 2 aromatic carbocycles. The lowest BCUT2D eigenvalue weighted by atomic mass is 9.95. The van der Waals surface area contributed by atoms with Gasteiger partial charge in [0.2, 0.25) is 0 Å². The average molecular weight is 622 g/mol. The predicted octanol–water partition coefficient (Wildman–Crippen LogP) is 5.77. The highest BCUT2D eigenvalue weighted by Gasteiger charge is 2.45. The first-order chi connectivity index (χ1) is 20.8. The molecule has 3 aliphatic heterocycles. The van der Waals surface area contributed by atoms with Crippen LogP contribution in [0, 0.1) is 0 Å². The molecule has 43 heavy (non-hydrogen) atoms. The maximum absolute atomic E-state index is 12.6. The Balaban J connectivity index is 1.22. The summed E-state index contributed by atoms with van der Waals surface area (Å²) in [7, 11) is -1.25. The van der Waals surface area contributed by atoms with E-state index in [-0.39, 0.29) is 11.6 Å². The number of sulfone groups is 1. The lowest BCUT2D eigenvalue weighted by molar-refractivity contribution is 0.107. The third-order valence-corrected chi connectivity index (χ3v) is 12.5. The van der Waals surface area contributed by atoms with Crippen molar-refractivity contribution in [1.82, 2.24) is 14.9 Å². The van der Waals surface area contributed by atoms with Gasteiger partial charge < -0.3 is 14.5 Å². The van der Waals surface area contributed by atoms with Crippen LogP contribution in [0.1, 0.15) is 56.2 Å². The molecule has 4 heterocycles. The summed E-state index contributed by atoms with van der Waals surface area (Å²) in [6.45, 7) is 7.85. The molecule has 8 nitrogen and oxygen atoms in total. The molecule has 0 spiro atoms. The van der Waals surface area contributed by atoms with Gasteiger partial charge in [-0.25, -0.2) is 8.42 Å². The van der Waals surface area contributed by atoms with E-state index in [1.54, 1.807) is 0 Å². The summed E-state index contributed by atoms with van der Waals surface area (Å²) < 4.78 is 31.7. The SMILES string of the molecule is C=CS(=O)(=O)[C@@H]1CC[C@H](N(C)c2nc(OCC34CCCN3CCC4)nc3c2CCN(c2cccc4cccc(Cl)c24)C3)C1. The number of fused-ring (bicyclic) bond motifs is 3. The first-order valence-electron chi connectivity index (χ1n) is 15.6. The van der Waals surface area contributed by atoms with Gasteiger partial charge in [-0.05, 0) is 82.0 Å². The Morgan fingerprint density at radius 1 is 1.12 bits per heavy atom. The zero-order valence-corrected chi connectivity index (χ0v) is 26.4. The number of halogens is 1. The van der Waals surface area contributed by atoms with Crippen LogP contribution in [0.5, 0.6) is 6.01 Å². The van der Waals surface area contributed by atoms with E-state index < -0.39 is 15.1 Å². The Labute approximate surface area is 259 Å². The molecule has 1 aliphatic carbocycles. The van der Waals surface area contributed by atoms with Gasteiger partial charge in [-0.3, -0.25) is 4.90 Å². The number of anilines is 2. The molecule has 3 fully saturated rings. The quantitative estimate of drug-likeness (QED) is 0.314. The minimum absolute atomic E-state index is 0.0697. The fraction of sp³-hybridized carbons (Fsp3) is 0.515. The van der Waals surface area contributed by atoms with Gasteiger partial charge >= 0.3 is 6.01 Å². The number of ether oxygens (including phenoxy) is 1. The highest BCUT2D eigenvalue weighted by atomic mass is 35.5. The molecule has 2 saturated heterocycles. The number of aromatic nitrogens is 2. The lowest BCUT2D eigenvalue weighted by Gasteiger charge is -2.35. The van der Waals surface area contributed by atoms with Crippen LogP contribution in [-0.4, -0.2) is 73.4 Å². The van der Waals surface area contributed by atoms with Crippen molar-refractivity contribution in [2.45, 2.75) is 74.7 Å². The second-order valence-electron chi connectivity index (χ2n) is 12.7. The molecule has 2 atom stereocenters. The molecule has 1 saturated carbocycles. The lowest BCUT2D eigenvalue weighted by Crippen LogP contribution is -2.43. The van der Waals surface area contributed by atoms with Crippen LogP contribution in [0.25, 0.3) is 10.8 Å². The highest BCUT2D eigenvalue weighted by Crippen LogP contribution is 2.41. The first kappa shape index (κ1) is 28.9. The van der Waals surface area contributed by atoms with Crippen molar-refractivity contribution < 1.29 is 13.2 Å². The van der Waals surface area contributed by atoms with Crippen molar-refractivity contribution in [3.05, 3.63) is 64.7 Å². The number of benzene rings is 2. The highest BCUT2D eigenvalue weighted by molar-refractivity contribution is 7.94. The summed E-state index contributed by atoms with van der Waals surface area (Å²) in [5, 5.41) is 3.63. The van der Waals surface area contributed by atoms with Crippen LogP contribution in [0.2, 0.25) is 5.02 Å². The summed E-state index contributed by atoms with van der Waals surface area (Å²) in [6.07, 6.45) is 7.50. The van der Waals surface area contributed by atoms with Gasteiger partial charge in [-0.2, -0.15) is 9.97 Å². The van der Waals surface area contributed by atoms with E-state index in [0.717, 1.165) is 89.3 Å². The summed E-state index contributed by atoms with van der Waals surface area (Å²) in [5.41, 5.74) is 3.27. The molecule has 7 rings (SSSR count). The standard InChI is InChI=1S/C33H40ClN5O3S/c1-3-43(40,41)25-13-12-24(20-25)37(2)31-26-14-19-38(29-11-5-9-23-8-4-10-27(34)30(23)29)21-28(26)35-32(36-31)42-22-33-15-6-17-39(33)18-7-16-33/h3-5,8-11,24-25H,1,6-7,12-22H2,2H3/t24-,25+/m0/s1. The molecule has 0 radical (unpaired) electrons. The Hall–Kier alpha value is -2.88. The fourth-order valence-electron chi connectivity index (χ4n) is 8.03. The Kier molecular flexibility index (Phi) is 7.54. The topological polar surface area (TPSA) is 78.9 Å². The molecule has 10 heteroatoms. The van der Waals surface area contributed by atoms with Crippen molar-refractivity contribution in [2.75, 3.05) is 43.1 Å². The van der Waals surface area contributed by atoms with E-state index in [2.05, 4.69) is 45.5 Å². The third kappa shape index (κ3) is 5.17. The zero-order chi connectivity index (χ0) is 29.8. The average Bonchev–Trinajstić information content (AvgIpc) is 3.76. The molecule has 0 bridgehead atoms. The van der Waals surface area contributed by atoms with E-state index in [4.69, 9.17) is 26.3 Å². The third-order valence-electron chi connectivity index (χ3n) is 10.4. The normalized spacial score (nSPS) is 23.3. The van der Waals surface area contributed by atoms with Crippen LogP contribution < -0.4 is 14.5 Å². The van der Waals surface area contributed by atoms with Crippen LogP contribution in [0.4, 0.5) is 11.5 Å². The number of hydrogen-bond acceptors (Lipinski definition) is 8. The largest absolute Gasteiger partial charge is 0.461 e. The minimum atomic E-state index is -3.30. The summed E-state index contributed by atoms with van der Waals surface area (Å²) in [4.78, 5) is 17.2. The van der Waals surface area contributed by atoms with Gasteiger partial charge in [-0.15, -0.1) is 0 Å². The van der Waals surface area contributed by atoms with Gasteiger partial charge in [0.1, 0.15) is 12.4 Å². The van der Waals surface area contributed by atoms with Gasteiger partial charge in [0, 0.05) is 41.7 Å². The van der Waals surface area contributed by atoms with E-state index in [0.29, 0.717) is 32.0 Å². The molecule has 1 aromatic heterocycles. The monoisotopic (exact) mass is 621 g/mol. The Morgan fingerprint density at radius 3 is 2.65 bits per heavy atom. The van der Waals surface area contributed by atoms with Gasteiger partial charge in [0.05, 0.1) is 28.1 Å². The molecule has 0 amide bonds. The molecule has 228 valence electrons. The smallest absolute Gasteiger partial charge is 0.318 e. The van der Waals surface area contributed by atoms with Crippen LogP contribution in [0.3, 0.4) is 0 Å². The van der Waals surface area contributed by atoms with Crippen molar-refractivity contribution in [1.29, 1.82) is 0 Å². The Morgan fingerprint density at radius 2 is 1.88 bits per heavy atom. The summed E-state index contributed by atoms with van der Waals surface area (Å²) in [6, 6.07) is 12.8. The molecular weight excluding hydrogens is 582 g/mol. The Bertz CT molecular complexity index is 1650. The molecule has 4 aliphatic rings. The van der Waals surface area contributed by atoms with Crippen molar-refractivity contribution >= 4 is 43.7 Å². The van der Waals surface area contributed by atoms with Crippen LogP contribution in [-0.2, 0) is 22.8 Å². The molecule has 0 unspecified atom stereocenters. The first-order valence-corrected chi connectivity index (χ1v) is 17.6. The number of rotatable bonds is 8. The van der Waals surface area contributed by atoms with Gasteiger partial charge in [0.25, 0.3) is 0 Å². The van der Waals surface area contributed by atoms with E-state index in [9.17, 15) is 8.42 Å². The van der Waals surface area contributed by atoms with E-state index in [1.807, 2.05) is 19.2 Å². The van der Waals surface area contributed by atoms with Crippen molar-refractivity contribution in [2.24, 2.45) is 0 Å². The maximum atomic E-state index is 12.6. The van der Waals surface area contributed by atoms with Crippen LogP contribution in [0.15, 0.2) is 48.4 Å². The van der Waals surface area contributed by atoms with Crippen molar-refractivity contribution in [3.63, 3.8) is 0 Å².